The zero-order chi connectivity index (χ0) is 23.3. The van der Waals surface area contributed by atoms with Crippen LogP contribution in [0.4, 0.5) is 0 Å². The van der Waals surface area contributed by atoms with Crippen molar-refractivity contribution in [3.05, 3.63) is 57.6 Å². The molecule has 10 heteroatoms. The number of rotatable bonds is 11. The summed E-state index contributed by atoms with van der Waals surface area (Å²) in [7, 11) is 1.56. The maximum Gasteiger partial charge on any atom is 0.329 e. The predicted octanol–water partition coefficient (Wildman–Crippen LogP) is 3.57. The maximum absolute atomic E-state index is 11.8. The molecule has 2 amide bonds. The van der Waals surface area contributed by atoms with Crippen LogP contribution in [0.1, 0.15) is 24.5 Å². The molecule has 0 aliphatic rings. The van der Waals surface area contributed by atoms with Gasteiger partial charge in [-0.25, -0.2) is 5.43 Å². The average Bonchev–Trinajstić information content (AvgIpc) is 2.77. The summed E-state index contributed by atoms with van der Waals surface area (Å²) in [4.78, 5) is 23.4. The van der Waals surface area contributed by atoms with Crippen molar-refractivity contribution < 1.29 is 23.8 Å². The molecule has 0 spiro atoms. The molecule has 0 saturated heterocycles. The molecule has 0 bridgehead atoms. The van der Waals surface area contributed by atoms with Crippen molar-refractivity contribution in [3.63, 3.8) is 0 Å². The first-order chi connectivity index (χ1) is 15.5. The topological polar surface area (TPSA) is 98.2 Å². The number of amides is 2. The van der Waals surface area contributed by atoms with E-state index in [9.17, 15) is 9.59 Å². The Morgan fingerprint density at radius 1 is 1.06 bits per heavy atom. The molecule has 2 aromatic rings. The second kappa shape index (κ2) is 13.6. The average molecular weight is 482 g/mol. The molecular weight excluding hydrogens is 457 g/mol. The summed E-state index contributed by atoms with van der Waals surface area (Å²) < 4.78 is 16.4. The van der Waals surface area contributed by atoms with Crippen molar-refractivity contribution in [1.29, 1.82) is 0 Å². The van der Waals surface area contributed by atoms with Gasteiger partial charge in [-0.1, -0.05) is 29.3 Å². The highest BCUT2D eigenvalue weighted by Crippen LogP contribution is 2.31. The van der Waals surface area contributed by atoms with Gasteiger partial charge in [0.15, 0.2) is 11.5 Å². The number of ether oxygens (including phenoxy) is 3. The third-order valence-electron chi connectivity index (χ3n) is 4.10. The lowest BCUT2D eigenvalue weighted by Gasteiger charge is -2.14. The van der Waals surface area contributed by atoms with E-state index in [4.69, 9.17) is 37.4 Å². The van der Waals surface area contributed by atoms with Gasteiger partial charge in [0.1, 0.15) is 6.61 Å². The molecule has 0 atom stereocenters. The molecule has 0 aliphatic heterocycles. The molecule has 32 heavy (non-hydrogen) atoms. The Labute approximate surface area is 196 Å². The molecule has 0 heterocycles. The fourth-order valence-electron chi connectivity index (χ4n) is 2.53. The van der Waals surface area contributed by atoms with Gasteiger partial charge in [0.2, 0.25) is 0 Å². The minimum atomic E-state index is -0.861. The first-order valence-electron chi connectivity index (χ1n) is 9.89. The normalized spacial score (nSPS) is 10.8. The Morgan fingerprint density at radius 3 is 2.50 bits per heavy atom. The number of nitrogens with one attached hydrogen (secondary N) is 2. The number of hydrazone groups is 1. The van der Waals surface area contributed by atoms with Gasteiger partial charge in [-0.05, 0) is 49.2 Å². The largest absolute Gasteiger partial charge is 0.490 e. The fraction of sp³-hybridized carbons (Fsp3) is 0.318. The third kappa shape index (κ3) is 8.03. The quantitative estimate of drug-likeness (QED) is 0.221. The van der Waals surface area contributed by atoms with Crippen molar-refractivity contribution in [3.8, 4) is 11.5 Å². The summed E-state index contributed by atoms with van der Waals surface area (Å²) >= 11 is 12.4. The van der Waals surface area contributed by atoms with Crippen LogP contribution in [0.2, 0.25) is 10.0 Å². The Balaban J connectivity index is 1.98. The highest BCUT2D eigenvalue weighted by atomic mass is 35.5. The van der Waals surface area contributed by atoms with Gasteiger partial charge < -0.3 is 19.5 Å². The number of methoxy groups -OCH3 is 1. The van der Waals surface area contributed by atoms with Crippen LogP contribution in [0.15, 0.2) is 41.5 Å². The molecule has 0 saturated carbocycles. The lowest BCUT2D eigenvalue weighted by atomic mass is 10.2. The lowest BCUT2D eigenvalue weighted by Crippen LogP contribution is -2.38. The highest BCUT2D eigenvalue weighted by Gasteiger charge is 2.12. The molecule has 2 aromatic carbocycles. The summed E-state index contributed by atoms with van der Waals surface area (Å²) in [6.07, 6.45) is 2.00. The van der Waals surface area contributed by atoms with E-state index in [1.807, 2.05) is 6.92 Å². The van der Waals surface area contributed by atoms with Crippen LogP contribution in [0.3, 0.4) is 0 Å². The third-order valence-corrected chi connectivity index (χ3v) is 4.81. The van der Waals surface area contributed by atoms with E-state index in [1.165, 1.54) is 6.21 Å². The number of carbonyl (C=O) groups is 2. The van der Waals surface area contributed by atoms with Crippen molar-refractivity contribution in [2.75, 3.05) is 26.9 Å². The Bertz CT molecular complexity index is 933. The molecule has 2 rings (SSSR count). The molecule has 0 unspecified atom stereocenters. The zero-order valence-electron chi connectivity index (χ0n) is 17.8. The van der Waals surface area contributed by atoms with E-state index in [-0.39, 0.29) is 6.61 Å². The standard InChI is InChI=1S/C22H25Cl2N3O5/c1-3-31-20-12-15(13-26-27-22(29)21(28)25-10-5-11-30-2)8-9-19(20)32-14-16-17(23)6-4-7-18(16)24/h4,6-9,12-13H,3,5,10-11,14H2,1-2H3,(H,25,28)(H,27,29)/b26-13-. The van der Waals surface area contributed by atoms with Gasteiger partial charge >= 0.3 is 11.8 Å². The number of carbonyl (C=O) groups excluding carboxylic acids is 2. The van der Waals surface area contributed by atoms with Crippen LogP contribution in [-0.2, 0) is 20.9 Å². The molecule has 0 aliphatic carbocycles. The zero-order valence-corrected chi connectivity index (χ0v) is 19.3. The summed E-state index contributed by atoms with van der Waals surface area (Å²) in [6, 6.07) is 10.4. The van der Waals surface area contributed by atoms with Crippen molar-refractivity contribution in [2.24, 2.45) is 5.10 Å². The smallest absolute Gasteiger partial charge is 0.329 e. The summed E-state index contributed by atoms with van der Waals surface area (Å²) in [5.41, 5.74) is 3.49. The van der Waals surface area contributed by atoms with E-state index in [1.54, 1.807) is 43.5 Å². The Morgan fingerprint density at radius 2 is 1.81 bits per heavy atom. The van der Waals surface area contributed by atoms with Crippen LogP contribution in [0, 0.1) is 0 Å². The summed E-state index contributed by atoms with van der Waals surface area (Å²) in [5, 5.41) is 7.31. The van der Waals surface area contributed by atoms with Gasteiger partial charge in [-0.3, -0.25) is 9.59 Å². The highest BCUT2D eigenvalue weighted by molar-refractivity contribution is 6.36. The SMILES string of the molecule is CCOc1cc(/C=N\NC(=O)C(=O)NCCCOC)ccc1OCc1c(Cl)cccc1Cl. The molecule has 0 fully saturated rings. The molecule has 2 N–H and O–H groups in total. The van der Waals surface area contributed by atoms with E-state index in [0.717, 1.165) is 0 Å². The van der Waals surface area contributed by atoms with Crippen LogP contribution in [-0.4, -0.2) is 44.9 Å². The summed E-state index contributed by atoms with van der Waals surface area (Å²) in [6.45, 7) is 3.27. The minimum absolute atomic E-state index is 0.168. The number of hydrogen-bond donors (Lipinski definition) is 2. The van der Waals surface area contributed by atoms with Crippen LogP contribution >= 0.6 is 23.2 Å². The van der Waals surface area contributed by atoms with E-state index in [2.05, 4.69) is 15.8 Å². The lowest BCUT2D eigenvalue weighted by molar-refractivity contribution is -0.139. The minimum Gasteiger partial charge on any atom is -0.490 e. The Kier molecular flexibility index (Phi) is 10.8. The molecule has 0 aromatic heterocycles. The van der Waals surface area contributed by atoms with Crippen molar-refractivity contribution >= 4 is 41.2 Å². The predicted molar refractivity (Wildman–Crippen MR) is 124 cm³/mol. The fourth-order valence-corrected chi connectivity index (χ4v) is 3.03. The van der Waals surface area contributed by atoms with Gasteiger partial charge in [-0.2, -0.15) is 5.10 Å². The number of halogens is 2. The van der Waals surface area contributed by atoms with Gasteiger partial charge in [0.05, 0.1) is 12.8 Å². The number of hydrogen-bond acceptors (Lipinski definition) is 6. The van der Waals surface area contributed by atoms with E-state index >= 15 is 0 Å². The molecule has 172 valence electrons. The Hall–Kier alpha value is -2.81. The molecule has 0 radical (unpaired) electrons. The van der Waals surface area contributed by atoms with E-state index < -0.39 is 11.8 Å². The number of nitrogens with zero attached hydrogens (tertiary/aromatic N) is 1. The van der Waals surface area contributed by atoms with Crippen LogP contribution in [0.25, 0.3) is 0 Å². The van der Waals surface area contributed by atoms with Crippen molar-refractivity contribution in [2.45, 2.75) is 20.0 Å². The van der Waals surface area contributed by atoms with Gasteiger partial charge in [-0.15, -0.1) is 0 Å². The monoisotopic (exact) mass is 481 g/mol. The molecular formula is C22H25Cl2N3O5. The first kappa shape index (κ1) is 25.5. The van der Waals surface area contributed by atoms with Gasteiger partial charge in [0, 0.05) is 35.9 Å². The van der Waals surface area contributed by atoms with Crippen LogP contribution in [0.5, 0.6) is 11.5 Å². The number of benzene rings is 2. The van der Waals surface area contributed by atoms with E-state index in [0.29, 0.717) is 58.9 Å². The van der Waals surface area contributed by atoms with Gasteiger partial charge in [0.25, 0.3) is 0 Å². The van der Waals surface area contributed by atoms with Crippen molar-refractivity contribution in [1.82, 2.24) is 10.7 Å². The first-order valence-corrected chi connectivity index (χ1v) is 10.6. The maximum atomic E-state index is 11.8. The van der Waals surface area contributed by atoms with Crippen LogP contribution < -0.4 is 20.2 Å². The summed E-state index contributed by atoms with van der Waals surface area (Å²) in [5.74, 6) is -0.642. The molecule has 8 nitrogen and oxygen atoms in total. The second-order valence-electron chi connectivity index (χ2n) is 6.43. The second-order valence-corrected chi connectivity index (χ2v) is 7.24.